The molecule has 0 amide bonds. The van der Waals surface area contributed by atoms with Crippen LogP contribution >= 0.6 is 11.3 Å². The van der Waals surface area contributed by atoms with Crippen LogP contribution in [0.15, 0.2) is 5.51 Å². The van der Waals surface area contributed by atoms with Crippen molar-refractivity contribution < 1.29 is 0 Å². The number of likely N-dealkylation sites (tertiary alicyclic amines) is 1. The highest BCUT2D eigenvalue weighted by Gasteiger charge is 2.46. The molecule has 1 aromatic heterocycles. The van der Waals surface area contributed by atoms with Crippen molar-refractivity contribution in [2.45, 2.75) is 25.3 Å². The van der Waals surface area contributed by atoms with Gasteiger partial charge in [0.2, 0.25) is 0 Å². The minimum absolute atomic E-state index is 0.187. The van der Waals surface area contributed by atoms with E-state index in [-0.39, 0.29) is 6.04 Å². The Labute approximate surface area is 94.3 Å². The molecule has 0 radical (unpaired) electrons. The lowest BCUT2D eigenvalue weighted by molar-refractivity contribution is 0.105. The number of hydrogen-bond donors (Lipinski definition) is 1. The maximum atomic E-state index is 6.37. The van der Waals surface area contributed by atoms with Gasteiger partial charge in [0.05, 0.1) is 17.2 Å². The van der Waals surface area contributed by atoms with Crippen molar-refractivity contribution in [2.75, 3.05) is 20.1 Å². The minimum atomic E-state index is 0.187. The Bertz CT molecular complexity index is 366. The van der Waals surface area contributed by atoms with Crippen molar-refractivity contribution in [1.82, 2.24) is 9.88 Å². The average Bonchev–Trinajstić information content (AvgIpc) is 2.76. The maximum absolute atomic E-state index is 6.37. The molecule has 1 fully saturated rings. The van der Waals surface area contributed by atoms with Gasteiger partial charge in [0.1, 0.15) is 0 Å². The van der Waals surface area contributed by atoms with Crippen LogP contribution in [0.25, 0.3) is 0 Å². The number of fused-ring (bicyclic) bond motifs is 1. The molecule has 1 aromatic rings. The van der Waals surface area contributed by atoms with Crippen molar-refractivity contribution in [1.29, 1.82) is 0 Å². The lowest BCUT2D eigenvalue weighted by Crippen LogP contribution is -2.42. The Morgan fingerprint density at radius 3 is 2.93 bits per heavy atom. The fourth-order valence-electron chi connectivity index (χ4n) is 2.94. The molecule has 1 atom stereocenters. The summed E-state index contributed by atoms with van der Waals surface area (Å²) < 4.78 is 0. The lowest BCUT2D eigenvalue weighted by Gasteiger charge is -2.40. The Hall–Kier alpha value is -0.450. The van der Waals surface area contributed by atoms with Gasteiger partial charge in [-0.3, -0.25) is 0 Å². The van der Waals surface area contributed by atoms with Gasteiger partial charge in [0, 0.05) is 4.88 Å². The van der Waals surface area contributed by atoms with Gasteiger partial charge in [0.15, 0.2) is 0 Å². The smallest absolute Gasteiger partial charge is 0.0798 e. The number of piperidine rings is 1. The molecule has 0 bridgehead atoms. The number of nitrogens with two attached hydrogens (primary N) is 1. The molecule has 2 N–H and O–H groups in total. The highest BCUT2D eigenvalue weighted by molar-refractivity contribution is 7.09. The van der Waals surface area contributed by atoms with Crippen LogP contribution in [0.1, 0.15) is 29.5 Å². The molecule has 2 aliphatic rings. The van der Waals surface area contributed by atoms with Crippen LogP contribution in [-0.2, 0) is 6.42 Å². The van der Waals surface area contributed by atoms with Crippen LogP contribution in [0.3, 0.4) is 0 Å². The second kappa shape index (κ2) is 3.27. The molecule has 4 heteroatoms. The van der Waals surface area contributed by atoms with Gasteiger partial charge < -0.3 is 10.6 Å². The Kier molecular flexibility index (Phi) is 2.13. The van der Waals surface area contributed by atoms with Gasteiger partial charge in [-0.25, -0.2) is 4.98 Å². The Morgan fingerprint density at radius 2 is 2.27 bits per heavy atom. The first-order valence-corrected chi connectivity index (χ1v) is 6.46. The molecule has 2 heterocycles. The third kappa shape index (κ3) is 1.35. The maximum Gasteiger partial charge on any atom is 0.0798 e. The fourth-order valence-corrected chi connectivity index (χ4v) is 3.90. The summed E-state index contributed by atoms with van der Waals surface area (Å²) in [6, 6.07) is 0.187. The molecule has 0 aromatic carbocycles. The van der Waals surface area contributed by atoms with Crippen LogP contribution in [0.5, 0.6) is 0 Å². The summed E-state index contributed by atoms with van der Waals surface area (Å²) in [5, 5.41) is 0. The van der Waals surface area contributed by atoms with Crippen LogP contribution < -0.4 is 5.73 Å². The van der Waals surface area contributed by atoms with E-state index in [9.17, 15) is 0 Å². The van der Waals surface area contributed by atoms with Gasteiger partial charge in [-0.15, -0.1) is 11.3 Å². The first-order valence-electron chi connectivity index (χ1n) is 5.58. The van der Waals surface area contributed by atoms with E-state index >= 15 is 0 Å². The minimum Gasteiger partial charge on any atom is -0.322 e. The third-order valence-corrected chi connectivity index (χ3v) is 4.97. The number of thiazole rings is 1. The second-order valence-corrected chi connectivity index (χ2v) is 5.92. The normalized spacial score (nSPS) is 29.6. The zero-order chi connectivity index (χ0) is 10.5. The standard InChI is InChI=1S/C11H17N3S/c1-14-4-2-11(3-5-14)6-8-9(10(11)12)13-7-15-8/h7,10H,2-6,12H2,1H3/t10-/m0/s1. The molecule has 0 saturated carbocycles. The topological polar surface area (TPSA) is 42.2 Å². The zero-order valence-corrected chi connectivity index (χ0v) is 9.89. The summed E-state index contributed by atoms with van der Waals surface area (Å²) in [4.78, 5) is 8.26. The van der Waals surface area contributed by atoms with Crippen molar-refractivity contribution in [3.05, 3.63) is 16.1 Å². The van der Waals surface area contributed by atoms with E-state index in [2.05, 4.69) is 16.9 Å². The van der Waals surface area contributed by atoms with Gasteiger partial charge >= 0.3 is 0 Å². The monoisotopic (exact) mass is 223 g/mol. The van der Waals surface area contributed by atoms with Gasteiger partial charge in [-0.1, -0.05) is 0 Å². The van der Waals surface area contributed by atoms with Crippen molar-refractivity contribution >= 4 is 11.3 Å². The van der Waals surface area contributed by atoms with Gasteiger partial charge in [-0.2, -0.15) is 0 Å². The SMILES string of the molecule is CN1CCC2(CC1)Cc1scnc1[C@@H]2N. The van der Waals surface area contributed by atoms with Crippen molar-refractivity contribution in [3.63, 3.8) is 0 Å². The molecule has 15 heavy (non-hydrogen) atoms. The quantitative estimate of drug-likeness (QED) is 0.723. The van der Waals surface area contributed by atoms with E-state index in [4.69, 9.17) is 5.73 Å². The predicted octanol–water partition coefficient (Wildman–Crippen LogP) is 1.41. The van der Waals surface area contributed by atoms with E-state index < -0.39 is 0 Å². The second-order valence-electron chi connectivity index (χ2n) is 4.98. The molecule has 0 unspecified atom stereocenters. The largest absolute Gasteiger partial charge is 0.322 e. The molecule has 82 valence electrons. The van der Waals surface area contributed by atoms with E-state index in [0.29, 0.717) is 5.41 Å². The molecule has 3 rings (SSSR count). The Morgan fingerprint density at radius 1 is 1.53 bits per heavy atom. The molecular formula is C11H17N3S. The number of aromatic nitrogens is 1. The predicted molar refractivity (Wildman–Crippen MR) is 61.9 cm³/mol. The molecule has 1 spiro atoms. The van der Waals surface area contributed by atoms with E-state index in [1.165, 1.54) is 42.9 Å². The highest BCUT2D eigenvalue weighted by atomic mass is 32.1. The van der Waals surface area contributed by atoms with Crippen LogP contribution in [-0.4, -0.2) is 30.0 Å². The molecular weight excluding hydrogens is 206 g/mol. The molecule has 1 aliphatic carbocycles. The van der Waals surface area contributed by atoms with E-state index in [1.807, 2.05) is 5.51 Å². The number of rotatable bonds is 0. The Balaban J connectivity index is 1.88. The zero-order valence-electron chi connectivity index (χ0n) is 9.07. The van der Waals surface area contributed by atoms with Crippen LogP contribution in [0.2, 0.25) is 0 Å². The highest BCUT2D eigenvalue weighted by Crippen LogP contribution is 2.51. The lowest BCUT2D eigenvalue weighted by atomic mass is 9.74. The first kappa shape index (κ1) is 9.75. The molecule has 1 aliphatic heterocycles. The molecule has 1 saturated heterocycles. The summed E-state index contributed by atoms with van der Waals surface area (Å²) in [5.41, 5.74) is 9.83. The van der Waals surface area contributed by atoms with E-state index in [1.54, 1.807) is 11.3 Å². The summed E-state index contributed by atoms with van der Waals surface area (Å²) in [5.74, 6) is 0. The molecule has 3 nitrogen and oxygen atoms in total. The summed E-state index contributed by atoms with van der Waals surface area (Å²) in [6.45, 7) is 2.37. The average molecular weight is 223 g/mol. The van der Waals surface area contributed by atoms with Gasteiger partial charge in [-0.05, 0) is 44.8 Å². The number of hydrogen-bond acceptors (Lipinski definition) is 4. The van der Waals surface area contributed by atoms with Crippen LogP contribution in [0, 0.1) is 5.41 Å². The van der Waals surface area contributed by atoms with Crippen LogP contribution in [0.4, 0.5) is 0 Å². The first-order chi connectivity index (χ1) is 7.21. The van der Waals surface area contributed by atoms with Crippen molar-refractivity contribution in [3.8, 4) is 0 Å². The third-order valence-electron chi connectivity index (χ3n) is 4.12. The van der Waals surface area contributed by atoms with E-state index in [0.717, 1.165) is 0 Å². The van der Waals surface area contributed by atoms with Gasteiger partial charge in [0.25, 0.3) is 0 Å². The fraction of sp³-hybridized carbons (Fsp3) is 0.727. The summed E-state index contributed by atoms with van der Waals surface area (Å²) in [6.07, 6.45) is 3.63. The summed E-state index contributed by atoms with van der Waals surface area (Å²) >= 11 is 1.78. The summed E-state index contributed by atoms with van der Waals surface area (Å²) in [7, 11) is 2.20. The number of nitrogens with zero attached hydrogens (tertiary/aromatic N) is 2. The van der Waals surface area contributed by atoms with Crippen molar-refractivity contribution in [2.24, 2.45) is 11.1 Å².